The van der Waals surface area contributed by atoms with E-state index in [-0.39, 0.29) is 0 Å². The molecule has 1 aromatic carbocycles. The fourth-order valence-corrected chi connectivity index (χ4v) is 6.46. The number of ether oxygens (including phenoxy) is 1. The second-order valence-corrected chi connectivity index (χ2v) is 12.3. The highest BCUT2D eigenvalue weighted by Gasteiger charge is 2.46. The number of rotatable bonds is 9. The van der Waals surface area contributed by atoms with Crippen molar-refractivity contribution in [2.75, 3.05) is 17.8 Å². The summed E-state index contributed by atoms with van der Waals surface area (Å²) in [6.45, 7) is -0.295. The fourth-order valence-electron chi connectivity index (χ4n) is 3.69. The van der Waals surface area contributed by atoms with Gasteiger partial charge in [0.1, 0.15) is 24.4 Å². The molecule has 1 aliphatic heterocycles. The Labute approximate surface area is 204 Å². The molecule has 35 heavy (non-hydrogen) atoms. The molecule has 1 saturated heterocycles. The maximum atomic E-state index is 11.9. The summed E-state index contributed by atoms with van der Waals surface area (Å²) in [7, 11) is -9.46. The number of hydrogen-bond donors (Lipinski definition) is 6. The third kappa shape index (κ3) is 6.10. The first-order valence-corrected chi connectivity index (χ1v) is 14.2. The van der Waals surface area contributed by atoms with Crippen LogP contribution < -0.4 is 5.32 Å². The van der Waals surface area contributed by atoms with E-state index in [0.29, 0.717) is 28.7 Å². The number of nitrogens with one attached hydrogen (secondary N) is 1. The maximum Gasteiger partial charge on any atom is 0.340 e. The number of anilines is 1. The van der Waals surface area contributed by atoms with Gasteiger partial charge in [0, 0.05) is 24.0 Å². The van der Waals surface area contributed by atoms with E-state index < -0.39 is 52.1 Å². The first-order chi connectivity index (χ1) is 16.5. The van der Waals surface area contributed by atoms with Crippen molar-refractivity contribution in [2.45, 2.75) is 31.0 Å². The Hall–Kier alpha value is -1.89. The van der Waals surface area contributed by atoms with Crippen LogP contribution in [0, 0.1) is 0 Å². The van der Waals surface area contributed by atoms with E-state index in [1.165, 1.54) is 12.4 Å². The highest BCUT2D eigenvalue weighted by atomic mass is 35.5. The van der Waals surface area contributed by atoms with Crippen LogP contribution in [0.4, 0.5) is 5.82 Å². The molecule has 1 fully saturated rings. The van der Waals surface area contributed by atoms with E-state index in [4.69, 9.17) is 30.6 Å². The van der Waals surface area contributed by atoms with Gasteiger partial charge in [-0.25, -0.2) is 9.97 Å². The number of aliphatic hydroxyl groups is 2. The Balaban J connectivity index is 1.49. The number of benzene rings is 1. The lowest BCUT2D eigenvalue weighted by molar-refractivity contribution is -0.0201. The summed E-state index contributed by atoms with van der Waals surface area (Å²) in [4.78, 5) is 36.1. The van der Waals surface area contributed by atoms with Crippen molar-refractivity contribution in [2.24, 2.45) is 0 Å². The smallest absolute Gasteiger partial charge is 0.340 e. The van der Waals surface area contributed by atoms with Gasteiger partial charge in [0.05, 0.1) is 18.5 Å². The molecule has 1 aliphatic rings. The van der Waals surface area contributed by atoms with E-state index in [1.54, 1.807) is 16.7 Å². The zero-order valence-electron chi connectivity index (χ0n) is 18.0. The van der Waals surface area contributed by atoms with Gasteiger partial charge in [-0.1, -0.05) is 29.8 Å². The summed E-state index contributed by atoms with van der Waals surface area (Å²) in [5.41, 5.74) is 1.64. The molecule has 13 nitrogen and oxygen atoms in total. The lowest BCUT2D eigenvalue weighted by Crippen LogP contribution is -2.33. The molecular formula is C19H23ClN4O9P2. The molecule has 190 valence electrons. The summed E-state index contributed by atoms with van der Waals surface area (Å²) in [5.74, 6) is -0.941. The second-order valence-electron chi connectivity index (χ2n) is 7.91. The SMILES string of the molecule is O=P(O)(O)CP(=O)(O)OC[C@H]1OC(c2cnc3c(NCc4ccccc4Cl)nccn23)[C@H](O)[C@@H]1O. The minimum atomic E-state index is -4.81. The van der Waals surface area contributed by atoms with Crippen LogP contribution in [0.15, 0.2) is 42.9 Å². The van der Waals surface area contributed by atoms with Gasteiger partial charge in [-0.2, -0.15) is 0 Å². The van der Waals surface area contributed by atoms with E-state index >= 15 is 0 Å². The third-order valence-electron chi connectivity index (χ3n) is 5.32. The van der Waals surface area contributed by atoms with Crippen LogP contribution in [-0.4, -0.2) is 70.1 Å². The van der Waals surface area contributed by atoms with Crippen molar-refractivity contribution in [3.63, 3.8) is 0 Å². The molecule has 3 heterocycles. The molecule has 0 radical (unpaired) electrons. The minimum Gasteiger partial charge on any atom is -0.387 e. The molecule has 0 bridgehead atoms. The molecule has 0 amide bonds. The molecule has 0 aliphatic carbocycles. The topological polar surface area (TPSA) is 196 Å². The van der Waals surface area contributed by atoms with Crippen molar-refractivity contribution < 1.29 is 43.3 Å². The number of halogens is 1. The zero-order valence-corrected chi connectivity index (χ0v) is 20.5. The van der Waals surface area contributed by atoms with E-state index in [1.807, 2.05) is 18.2 Å². The first-order valence-electron chi connectivity index (χ1n) is 10.3. The van der Waals surface area contributed by atoms with Crippen molar-refractivity contribution in [1.82, 2.24) is 14.4 Å². The molecular weight excluding hydrogens is 526 g/mol. The Morgan fingerprint density at radius 1 is 1.14 bits per heavy atom. The van der Waals surface area contributed by atoms with Crippen LogP contribution >= 0.6 is 26.8 Å². The lowest BCUT2D eigenvalue weighted by atomic mass is 10.1. The van der Waals surface area contributed by atoms with Gasteiger partial charge >= 0.3 is 15.2 Å². The summed E-state index contributed by atoms with van der Waals surface area (Å²) >= 11 is 6.20. The fraction of sp³-hybridized carbons (Fsp3) is 0.368. The van der Waals surface area contributed by atoms with Crippen LogP contribution in [0.1, 0.15) is 17.4 Å². The molecule has 2 aromatic heterocycles. The molecule has 4 rings (SSSR count). The quantitative estimate of drug-likeness (QED) is 0.211. The molecule has 0 saturated carbocycles. The number of imidazole rings is 1. The number of aromatic nitrogens is 3. The number of fused-ring (bicyclic) bond motifs is 1. The van der Waals surface area contributed by atoms with Gasteiger partial charge in [-0.15, -0.1) is 0 Å². The molecule has 16 heteroatoms. The van der Waals surface area contributed by atoms with Gasteiger partial charge < -0.3 is 39.5 Å². The van der Waals surface area contributed by atoms with Gasteiger partial charge in [0.25, 0.3) is 0 Å². The van der Waals surface area contributed by atoms with Gasteiger partial charge in [0.15, 0.2) is 17.4 Å². The van der Waals surface area contributed by atoms with E-state index in [9.17, 15) is 24.2 Å². The minimum absolute atomic E-state index is 0.375. The molecule has 6 N–H and O–H groups in total. The van der Waals surface area contributed by atoms with Gasteiger partial charge in [0.2, 0.25) is 0 Å². The number of hydrogen-bond acceptors (Lipinski definition) is 9. The lowest BCUT2D eigenvalue weighted by Gasteiger charge is -2.18. The van der Waals surface area contributed by atoms with Crippen LogP contribution in [0.5, 0.6) is 0 Å². The predicted octanol–water partition coefficient (Wildman–Crippen LogP) is 1.49. The van der Waals surface area contributed by atoms with Crippen LogP contribution in [0.2, 0.25) is 5.02 Å². The Morgan fingerprint density at radius 3 is 2.60 bits per heavy atom. The van der Waals surface area contributed by atoms with Crippen molar-refractivity contribution in [3.05, 3.63) is 59.1 Å². The van der Waals surface area contributed by atoms with Crippen LogP contribution in [0.3, 0.4) is 0 Å². The van der Waals surface area contributed by atoms with Crippen molar-refractivity contribution in [1.29, 1.82) is 0 Å². The van der Waals surface area contributed by atoms with Crippen LogP contribution in [-0.2, 0) is 24.9 Å². The van der Waals surface area contributed by atoms with E-state index in [0.717, 1.165) is 5.56 Å². The zero-order chi connectivity index (χ0) is 25.4. The summed E-state index contributed by atoms with van der Waals surface area (Å²) in [6.07, 6.45) is -0.713. The van der Waals surface area contributed by atoms with Crippen molar-refractivity contribution in [3.8, 4) is 0 Å². The third-order valence-corrected chi connectivity index (χ3v) is 9.14. The van der Waals surface area contributed by atoms with Gasteiger partial charge in [-0.3, -0.25) is 13.5 Å². The Morgan fingerprint density at radius 2 is 1.89 bits per heavy atom. The maximum absolute atomic E-state index is 11.9. The Bertz CT molecular complexity index is 1300. The molecule has 2 unspecified atom stereocenters. The predicted molar refractivity (Wildman–Crippen MR) is 124 cm³/mol. The van der Waals surface area contributed by atoms with Crippen LogP contribution in [0.25, 0.3) is 5.65 Å². The normalized spacial score (nSPS) is 24.5. The highest BCUT2D eigenvalue weighted by molar-refractivity contribution is 7.70. The summed E-state index contributed by atoms with van der Waals surface area (Å²) in [5, 5.41) is 24.7. The Kier molecular flexibility index (Phi) is 7.65. The van der Waals surface area contributed by atoms with Crippen molar-refractivity contribution >= 4 is 38.3 Å². The largest absolute Gasteiger partial charge is 0.387 e. The molecule has 0 spiro atoms. The first kappa shape index (κ1) is 26.2. The summed E-state index contributed by atoms with van der Waals surface area (Å²) in [6, 6.07) is 7.31. The summed E-state index contributed by atoms with van der Waals surface area (Å²) < 4.78 is 34.9. The second kappa shape index (κ2) is 10.2. The standard InChI is InChI=1S/C19H23ClN4O9P2/c20-12-4-2-1-3-11(12)7-22-18-19-23-8-13(24(19)6-5-21-18)17-16(26)15(25)14(33-17)9-32-35(30,31)10-34(27,28)29/h1-6,8,14-17,25-26H,7,9-10H2,(H,21,22)(H,30,31)(H2,27,28,29)/t14-,15-,16-,17?/m1/s1. The molecule has 3 aromatic rings. The monoisotopic (exact) mass is 548 g/mol. The average Bonchev–Trinajstić information content (AvgIpc) is 3.32. The van der Waals surface area contributed by atoms with Gasteiger partial charge in [-0.05, 0) is 11.6 Å². The van der Waals surface area contributed by atoms with E-state index in [2.05, 4.69) is 15.3 Å². The average molecular weight is 549 g/mol. The number of aliphatic hydroxyl groups excluding tert-OH is 2. The molecule has 5 atom stereocenters. The highest BCUT2D eigenvalue weighted by Crippen LogP contribution is 2.55. The number of nitrogens with zero attached hydrogens (tertiary/aromatic N) is 3.